The number of esters is 1. The number of nitrogens with zero attached hydrogens (tertiary/aromatic N) is 2. The Hall–Kier alpha value is -0.610. The quantitative estimate of drug-likeness (QED) is 0.718. The van der Waals surface area contributed by atoms with Crippen LogP contribution in [0.2, 0.25) is 0 Å². The average Bonchev–Trinajstić information content (AvgIpc) is 3.17. The molecule has 2 saturated heterocycles. The highest BCUT2D eigenvalue weighted by Gasteiger charge is 2.42. The molecular weight excluding hydrogens is 252 g/mol. The number of carbonyl (C=O) groups excluding carboxylic acids is 1. The largest absolute Gasteiger partial charge is 0.468 e. The summed E-state index contributed by atoms with van der Waals surface area (Å²) in [4.78, 5) is 17.0. The lowest BCUT2D eigenvalue weighted by Gasteiger charge is -2.37. The molecule has 4 nitrogen and oxygen atoms in total. The normalized spacial score (nSPS) is 27.6. The monoisotopic (exact) mass is 280 g/mol. The number of methoxy groups -OCH3 is 1. The van der Waals surface area contributed by atoms with Crippen LogP contribution in [0.1, 0.15) is 38.5 Å². The van der Waals surface area contributed by atoms with Crippen molar-refractivity contribution in [2.24, 2.45) is 11.8 Å². The minimum absolute atomic E-state index is 0.00880. The van der Waals surface area contributed by atoms with Crippen molar-refractivity contribution >= 4 is 5.97 Å². The SMILES string of the molecule is COC(=O)C(C1CC1)N1CCC(CN2CCCC2)CC1. The summed E-state index contributed by atoms with van der Waals surface area (Å²) in [6, 6.07) is 0.0488. The van der Waals surface area contributed by atoms with Crippen molar-refractivity contribution in [3.63, 3.8) is 0 Å². The van der Waals surface area contributed by atoms with E-state index in [9.17, 15) is 4.79 Å². The van der Waals surface area contributed by atoms with Gasteiger partial charge in [0.15, 0.2) is 0 Å². The molecule has 0 aromatic carbocycles. The molecule has 20 heavy (non-hydrogen) atoms. The number of carbonyl (C=O) groups is 1. The Morgan fingerprint density at radius 2 is 1.75 bits per heavy atom. The molecule has 0 radical (unpaired) electrons. The van der Waals surface area contributed by atoms with E-state index < -0.39 is 0 Å². The number of piperidine rings is 1. The van der Waals surface area contributed by atoms with Crippen molar-refractivity contribution < 1.29 is 9.53 Å². The Kier molecular flexibility index (Phi) is 4.61. The van der Waals surface area contributed by atoms with E-state index in [4.69, 9.17) is 4.74 Å². The maximum atomic E-state index is 12.0. The summed E-state index contributed by atoms with van der Waals surface area (Å²) in [7, 11) is 1.53. The van der Waals surface area contributed by atoms with Crippen LogP contribution in [0.5, 0.6) is 0 Å². The highest BCUT2D eigenvalue weighted by atomic mass is 16.5. The van der Waals surface area contributed by atoms with E-state index in [1.807, 2.05) is 0 Å². The summed E-state index contributed by atoms with van der Waals surface area (Å²) >= 11 is 0. The molecule has 1 atom stereocenters. The summed E-state index contributed by atoms with van der Waals surface area (Å²) in [6.45, 7) is 6.03. The van der Waals surface area contributed by atoms with Crippen molar-refractivity contribution in [3.05, 3.63) is 0 Å². The predicted octanol–water partition coefficient (Wildman–Crippen LogP) is 1.75. The minimum Gasteiger partial charge on any atom is -0.468 e. The molecule has 3 rings (SSSR count). The fourth-order valence-electron chi connectivity index (χ4n) is 3.92. The van der Waals surface area contributed by atoms with Gasteiger partial charge in [0.05, 0.1) is 7.11 Å². The molecule has 114 valence electrons. The predicted molar refractivity (Wildman–Crippen MR) is 78.5 cm³/mol. The van der Waals surface area contributed by atoms with E-state index in [1.165, 1.54) is 65.3 Å². The van der Waals surface area contributed by atoms with E-state index in [2.05, 4.69) is 9.80 Å². The maximum absolute atomic E-state index is 12.0. The van der Waals surface area contributed by atoms with Gasteiger partial charge < -0.3 is 9.64 Å². The molecule has 0 aromatic rings. The van der Waals surface area contributed by atoms with Crippen molar-refractivity contribution in [1.29, 1.82) is 0 Å². The van der Waals surface area contributed by atoms with Crippen LogP contribution in [-0.4, -0.2) is 61.6 Å². The van der Waals surface area contributed by atoms with Crippen LogP contribution < -0.4 is 0 Å². The second-order valence-electron chi connectivity index (χ2n) is 6.79. The highest BCUT2D eigenvalue weighted by Crippen LogP contribution is 2.37. The first-order valence-electron chi connectivity index (χ1n) is 8.32. The minimum atomic E-state index is -0.00880. The smallest absolute Gasteiger partial charge is 0.323 e. The van der Waals surface area contributed by atoms with Crippen LogP contribution in [0.3, 0.4) is 0 Å². The lowest BCUT2D eigenvalue weighted by molar-refractivity contribution is -0.148. The molecule has 4 heteroatoms. The van der Waals surface area contributed by atoms with Crippen LogP contribution in [-0.2, 0) is 9.53 Å². The zero-order chi connectivity index (χ0) is 13.9. The molecule has 2 aliphatic heterocycles. The number of ether oxygens (including phenoxy) is 1. The first kappa shape index (κ1) is 14.3. The first-order chi connectivity index (χ1) is 9.78. The van der Waals surface area contributed by atoms with Crippen LogP contribution in [0.25, 0.3) is 0 Å². The molecule has 2 heterocycles. The summed E-state index contributed by atoms with van der Waals surface area (Å²) in [6.07, 6.45) is 7.66. The third kappa shape index (κ3) is 3.34. The van der Waals surface area contributed by atoms with Gasteiger partial charge in [-0.05, 0) is 76.5 Å². The molecule has 1 aliphatic carbocycles. The number of hydrogen-bond donors (Lipinski definition) is 0. The number of likely N-dealkylation sites (tertiary alicyclic amines) is 2. The fraction of sp³-hybridized carbons (Fsp3) is 0.938. The lowest BCUT2D eigenvalue weighted by atomic mass is 9.94. The van der Waals surface area contributed by atoms with Crippen molar-refractivity contribution in [1.82, 2.24) is 9.80 Å². The molecule has 3 fully saturated rings. The fourth-order valence-corrected chi connectivity index (χ4v) is 3.92. The van der Waals surface area contributed by atoms with Crippen LogP contribution >= 0.6 is 0 Å². The second-order valence-corrected chi connectivity index (χ2v) is 6.79. The van der Waals surface area contributed by atoms with Gasteiger partial charge >= 0.3 is 5.97 Å². The zero-order valence-corrected chi connectivity index (χ0v) is 12.7. The Morgan fingerprint density at radius 1 is 1.10 bits per heavy atom. The topological polar surface area (TPSA) is 32.8 Å². The molecule has 0 bridgehead atoms. The van der Waals surface area contributed by atoms with E-state index in [0.29, 0.717) is 5.92 Å². The highest BCUT2D eigenvalue weighted by molar-refractivity contribution is 5.76. The maximum Gasteiger partial charge on any atom is 0.323 e. The van der Waals surface area contributed by atoms with Gasteiger partial charge in [-0.2, -0.15) is 0 Å². The zero-order valence-electron chi connectivity index (χ0n) is 12.7. The molecule has 0 N–H and O–H groups in total. The van der Waals surface area contributed by atoms with Crippen LogP contribution in [0, 0.1) is 11.8 Å². The summed E-state index contributed by atoms with van der Waals surface area (Å²) < 4.78 is 5.01. The van der Waals surface area contributed by atoms with Crippen molar-refractivity contribution in [2.45, 2.75) is 44.6 Å². The van der Waals surface area contributed by atoms with Gasteiger partial charge in [-0.25, -0.2) is 0 Å². The number of hydrogen-bond acceptors (Lipinski definition) is 4. The summed E-state index contributed by atoms with van der Waals surface area (Å²) in [5.41, 5.74) is 0. The van der Waals surface area contributed by atoms with Crippen LogP contribution in [0.15, 0.2) is 0 Å². The molecular formula is C16H28N2O2. The first-order valence-corrected chi connectivity index (χ1v) is 8.32. The van der Waals surface area contributed by atoms with Gasteiger partial charge in [0, 0.05) is 6.54 Å². The van der Waals surface area contributed by atoms with E-state index in [1.54, 1.807) is 0 Å². The summed E-state index contributed by atoms with van der Waals surface area (Å²) in [5.74, 6) is 1.39. The lowest BCUT2D eigenvalue weighted by Crippen LogP contribution is -2.48. The van der Waals surface area contributed by atoms with E-state index in [-0.39, 0.29) is 12.0 Å². The molecule has 0 aromatic heterocycles. The molecule has 1 saturated carbocycles. The Labute approximate surface area is 122 Å². The van der Waals surface area contributed by atoms with E-state index >= 15 is 0 Å². The standard InChI is InChI=1S/C16H28N2O2/c1-20-16(19)15(14-4-5-14)18-10-6-13(7-11-18)12-17-8-2-3-9-17/h13-15H,2-12H2,1H3. The summed E-state index contributed by atoms with van der Waals surface area (Å²) in [5, 5.41) is 0. The molecule has 3 aliphatic rings. The molecule has 1 unspecified atom stereocenters. The van der Waals surface area contributed by atoms with Gasteiger partial charge in [0.2, 0.25) is 0 Å². The van der Waals surface area contributed by atoms with Gasteiger partial charge in [-0.3, -0.25) is 9.69 Å². The van der Waals surface area contributed by atoms with Crippen molar-refractivity contribution in [3.8, 4) is 0 Å². The Morgan fingerprint density at radius 3 is 2.30 bits per heavy atom. The van der Waals surface area contributed by atoms with Gasteiger partial charge in [0.25, 0.3) is 0 Å². The van der Waals surface area contributed by atoms with Gasteiger partial charge in [-0.15, -0.1) is 0 Å². The molecule has 0 spiro atoms. The third-order valence-electron chi connectivity index (χ3n) is 5.27. The Balaban J connectivity index is 1.48. The van der Waals surface area contributed by atoms with E-state index in [0.717, 1.165) is 19.0 Å². The average molecular weight is 280 g/mol. The number of rotatable bonds is 5. The second kappa shape index (κ2) is 6.44. The van der Waals surface area contributed by atoms with Crippen LogP contribution in [0.4, 0.5) is 0 Å². The molecule has 0 amide bonds. The Bertz CT molecular complexity index is 329. The third-order valence-corrected chi connectivity index (χ3v) is 5.27. The van der Waals surface area contributed by atoms with Gasteiger partial charge in [-0.1, -0.05) is 0 Å². The van der Waals surface area contributed by atoms with Crippen molar-refractivity contribution in [2.75, 3.05) is 39.8 Å². The van der Waals surface area contributed by atoms with Gasteiger partial charge in [0.1, 0.15) is 6.04 Å².